The maximum absolute atomic E-state index is 14.1. The molecule has 2 aromatic carbocycles. The van der Waals surface area contributed by atoms with Crippen LogP contribution in [-0.2, 0) is 20.9 Å². The van der Waals surface area contributed by atoms with Gasteiger partial charge in [0.15, 0.2) is 0 Å². The SMILES string of the molecule is Cc1cccc(Cl)c1NC(=O)C1N(CCCCO)C(=O)[C@@H]2[C@H](C(=O)NCc3ccccc3)[C@@H]3CC(C)C12S3. The number of hydrogen-bond donors (Lipinski definition) is 3. The highest BCUT2D eigenvalue weighted by Gasteiger charge is 2.75. The Morgan fingerprint density at radius 3 is 2.61 bits per heavy atom. The van der Waals surface area contributed by atoms with E-state index in [2.05, 4.69) is 17.6 Å². The molecule has 7 nitrogen and oxygen atoms in total. The number of aliphatic hydroxyl groups is 1. The van der Waals surface area contributed by atoms with Crippen molar-refractivity contribution in [1.82, 2.24) is 10.2 Å². The van der Waals surface area contributed by atoms with Crippen molar-refractivity contribution in [3.8, 4) is 0 Å². The molecule has 9 heteroatoms. The second-order valence-electron chi connectivity index (χ2n) is 10.6. The van der Waals surface area contributed by atoms with Crippen molar-refractivity contribution in [3.05, 3.63) is 64.7 Å². The Kier molecular flexibility index (Phi) is 7.76. The lowest BCUT2D eigenvalue weighted by molar-refractivity contribution is -0.139. The van der Waals surface area contributed by atoms with Gasteiger partial charge in [0.1, 0.15) is 6.04 Å². The molecule has 3 fully saturated rings. The van der Waals surface area contributed by atoms with Gasteiger partial charge in [0, 0.05) is 24.9 Å². The first-order valence-electron chi connectivity index (χ1n) is 13.3. The summed E-state index contributed by atoms with van der Waals surface area (Å²) in [6, 6.07) is 14.4. The number of anilines is 1. The van der Waals surface area contributed by atoms with Crippen LogP contribution in [0.2, 0.25) is 5.02 Å². The molecule has 3 saturated heterocycles. The molecule has 0 saturated carbocycles. The molecule has 3 heterocycles. The summed E-state index contributed by atoms with van der Waals surface area (Å²) in [5.74, 6) is -1.53. The number of aryl methyl sites for hydroxylation is 1. The highest BCUT2D eigenvalue weighted by atomic mass is 35.5. The number of nitrogens with zero attached hydrogens (tertiary/aromatic N) is 1. The van der Waals surface area contributed by atoms with Gasteiger partial charge in [0.05, 0.1) is 27.3 Å². The van der Waals surface area contributed by atoms with Gasteiger partial charge >= 0.3 is 0 Å². The third-order valence-corrected chi connectivity index (χ3v) is 10.8. The van der Waals surface area contributed by atoms with E-state index >= 15 is 0 Å². The van der Waals surface area contributed by atoms with E-state index < -0.39 is 22.6 Å². The second kappa shape index (κ2) is 10.9. The van der Waals surface area contributed by atoms with Gasteiger partial charge in [-0.25, -0.2) is 0 Å². The predicted octanol–water partition coefficient (Wildman–Crippen LogP) is 4.01. The number of benzene rings is 2. The zero-order valence-corrected chi connectivity index (χ0v) is 23.2. The molecule has 6 atom stereocenters. The lowest BCUT2D eigenvalue weighted by Crippen LogP contribution is -2.55. The van der Waals surface area contributed by atoms with Crippen LogP contribution in [0.3, 0.4) is 0 Å². The second-order valence-corrected chi connectivity index (χ2v) is 12.6. The molecule has 3 aliphatic rings. The summed E-state index contributed by atoms with van der Waals surface area (Å²) in [5, 5.41) is 15.9. The number of rotatable bonds is 9. The van der Waals surface area contributed by atoms with Gasteiger partial charge in [-0.2, -0.15) is 0 Å². The minimum Gasteiger partial charge on any atom is -0.396 e. The Bertz CT molecular complexity index is 1210. The first kappa shape index (κ1) is 27.0. The molecule has 38 heavy (non-hydrogen) atoms. The van der Waals surface area contributed by atoms with Gasteiger partial charge in [0.2, 0.25) is 17.7 Å². The van der Waals surface area contributed by atoms with Gasteiger partial charge in [0.25, 0.3) is 0 Å². The molecule has 3 unspecified atom stereocenters. The van der Waals surface area contributed by atoms with Crippen molar-refractivity contribution in [1.29, 1.82) is 0 Å². The van der Waals surface area contributed by atoms with Crippen LogP contribution in [0, 0.1) is 24.7 Å². The van der Waals surface area contributed by atoms with Gasteiger partial charge < -0.3 is 20.6 Å². The van der Waals surface area contributed by atoms with Crippen molar-refractivity contribution in [2.24, 2.45) is 17.8 Å². The molecule has 3 amide bonds. The van der Waals surface area contributed by atoms with Crippen LogP contribution in [0.1, 0.15) is 37.3 Å². The molecule has 202 valence electrons. The number of thioether (sulfide) groups is 1. The van der Waals surface area contributed by atoms with E-state index in [1.54, 1.807) is 22.7 Å². The third-order valence-electron chi connectivity index (χ3n) is 8.38. The smallest absolute Gasteiger partial charge is 0.248 e. The summed E-state index contributed by atoms with van der Waals surface area (Å²) < 4.78 is -0.699. The van der Waals surface area contributed by atoms with Gasteiger partial charge in [-0.05, 0) is 49.3 Å². The quantitative estimate of drug-likeness (QED) is 0.406. The van der Waals surface area contributed by atoms with Crippen molar-refractivity contribution < 1.29 is 19.5 Å². The van der Waals surface area contributed by atoms with E-state index in [4.69, 9.17) is 11.6 Å². The molecule has 1 spiro atoms. The van der Waals surface area contributed by atoms with Crippen molar-refractivity contribution in [2.75, 3.05) is 18.5 Å². The number of amides is 3. The third kappa shape index (κ3) is 4.50. The fourth-order valence-electron chi connectivity index (χ4n) is 6.64. The zero-order chi connectivity index (χ0) is 27.0. The number of carbonyl (C=O) groups excluding carboxylic acids is 3. The first-order chi connectivity index (χ1) is 18.3. The van der Waals surface area contributed by atoms with Crippen molar-refractivity contribution in [3.63, 3.8) is 0 Å². The Morgan fingerprint density at radius 1 is 1.13 bits per heavy atom. The van der Waals surface area contributed by atoms with E-state index in [0.717, 1.165) is 17.5 Å². The maximum atomic E-state index is 14.1. The largest absolute Gasteiger partial charge is 0.396 e. The van der Waals surface area contributed by atoms with Gasteiger partial charge in [-0.1, -0.05) is 61.0 Å². The maximum Gasteiger partial charge on any atom is 0.248 e. The normalized spacial score (nSPS) is 29.4. The van der Waals surface area contributed by atoms with E-state index in [9.17, 15) is 19.5 Å². The van der Waals surface area contributed by atoms with Crippen molar-refractivity contribution >= 4 is 46.8 Å². The number of fused-ring (bicyclic) bond motifs is 1. The summed E-state index contributed by atoms with van der Waals surface area (Å²) in [7, 11) is 0. The number of unbranched alkanes of at least 4 members (excludes halogenated alkanes) is 1. The Balaban J connectivity index is 1.46. The number of hydrogen-bond acceptors (Lipinski definition) is 5. The van der Waals surface area contributed by atoms with Crippen LogP contribution in [0.4, 0.5) is 5.69 Å². The van der Waals surface area contributed by atoms with Gasteiger partial charge in [-0.15, -0.1) is 11.8 Å². The summed E-state index contributed by atoms with van der Waals surface area (Å²) in [6.45, 7) is 4.75. The minimum absolute atomic E-state index is 0.0179. The number of nitrogens with one attached hydrogen (secondary N) is 2. The molecule has 2 aromatic rings. The van der Waals surface area contributed by atoms with Crippen LogP contribution in [0.15, 0.2) is 48.5 Å². The highest BCUT2D eigenvalue weighted by Crippen LogP contribution is 2.68. The summed E-state index contributed by atoms with van der Waals surface area (Å²) in [4.78, 5) is 43.4. The van der Waals surface area contributed by atoms with E-state index in [-0.39, 0.29) is 35.5 Å². The fourth-order valence-corrected chi connectivity index (χ4v) is 9.33. The summed E-state index contributed by atoms with van der Waals surface area (Å²) in [5.41, 5.74) is 2.38. The average molecular weight is 556 g/mol. The van der Waals surface area contributed by atoms with E-state index in [1.165, 1.54) is 0 Å². The van der Waals surface area contributed by atoms with E-state index in [0.29, 0.717) is 36.6 Å². The van der Waals surface area contributed by atoms with Crippen LogP contribution in [0.25, 0.3) is 0 Å². The Hall–Kier alpha value is -2.55. The molecule has 3 N–H and O–H groups in total. The topological polar surface area (TPSA) is 98.7 Å². The lowest BCUT2D eigenvalue weighted by Gasteiger charge is -2.38. The predicted molar refractivity (Wildman–Crippen MR) is 150 cm³/mol. The summed E-state index contributed by atoms with van der Waals surface area (Å²) in [6.07, 6.45) is 1.89. The Labute approximate surface area is 232 Å². The molecule has 0 aliphatic carbocycles. The highest BCUT2D eigenvalue weighted by molar-refractivity contribution is 8.02. The number of carbonyl (C=O) groups is 3. The zero-order valence-electron chi connectivity index (χ0n) is 21.7. The number of para-hydroxylation sites is 1. The number of likely N-dealkylation sites (tertiary alicyclic amines) is 1. The number of halogens is 1. The summed E-state index contributed by atoms with van der Waals surface area (Å²) >= 11 is 8.08. The first-order valence-corrected chi connectivity index (χ1v) is 14.5. The van der Waals surface area contributed by atoms with E-state index in [1.807, 2.05) is 49.4 Å². The van der Waals surface area contributed by atoms with Gasteiger partial charge in [-0.3, -0.25) is 14.4 Å². The lowest BCUT2D eigenvalue weighted by atomic mass is 9.66. The van der Waals surface area contributed by atoms with Crippen LogP contribution in [-0.4, -0.2) is 56.9 Å². The molecular weight excluding hydrogens is 522 g/mol. The molecule has 2 bridgehead atoms. The van der Waals surface area contributed by atoms with Crippen LogP contribution in [0.5, 0.6) is 0 Å². The minimum atomic E-state index is -0.730. The molecule has 5 rings (SSSR count). The van der Waals surface area contributed by atoms with Crippen LogP contribution >= 0.6 is 23.4 Å². The molecule has 0 aromatic heterocycles. The van der Waals surface area contributed by atoms with Crippen LogP contribution < -0.4 is 10.6 Å². The molecule has 3 aliphatic heterocycles. The number of aliphatic hydroxyl groups excluding tert-OH is 1. The average Bonchev–Trinajstić information content (AvgIpc) is 3.49. The molecule has 0 radical (unpaired) electrons. The van der Waals surface area contributed by atoms with Crippen molar-refractivity contribution in [2.45, 2.75) is 55.7 Å². The fraction of sp³-hybridized carbons (Fsp3) is 0.483. The molecular formula is C29H34ClN3O4S. The standard InChI is InChI=1S/C29H34ClN3O4S/c1-17-9-8-12-20(30)24(17)32-27(36)25-29-18(2)15-21(38-29)22(23(29)28(37)33(25)13-6-7-14-34)26(35)31-16-19-10-4-3-5-11-19/h3-5,8-12,18,21-23,25,34H,6-7,13-16H2,1-2H3,(H,31,35)(H,32,36)/t18?,21-,22+,23-,25?,29?/m0/s1. The Morgan fingerprint density at radius 2 is 1.89 bits per heavy atom. The monoisotopic (exact) mass is 555 g/mol.